The monoisotopic (exact) mass is 330 g/mol. The summed E-state index contributed by atoms with van der Waals surface area (Å²) in [5.41, 5.74) is 2.43. The van der Waals surface area contributed by atoms with Gasteiger partial charge < -0.3 is 0 Å². The van der Waals surface area contributed by atoms with Crippen molar-refractivity contribution in [2.24, 2.45) is 0 Å². The molecule has 0 saturated heterocycles. The Bertz CT molecular complexity index is 976. The van der Waals surface area contributed by atoms with Crippen LogP contribution in [0.3, 0.4) is 0 Å². The molecule has 0 aliphatic heterocycles. The topological polar surface area (TPSA) is 33.2 Å². The first-order valence-corrected chi connectivity index (χ1v) is 8.49. The molecule has 4 heteroatoms. The van der Waals surface area contributed by atoms with E-state index >= 15 is 0 Å². The predicted molar refractivity (Wildman–Crippen MR) is 99.0 cm³/mol. The Balaban J connectivity index is 1.94. The van der Waals surface area contributed by atoms with Crippen LogP contribution in [-0.2, 0) is 0 Å². The van der Waals surface area contributed by atoms with Gasteiger partial charge in [-0.15, -0.1) is 11.3 Å². The van der Waals surface area contributed by atoms with Crippen molar-refractivity contribution in [2.75, 3.05) is 4.90 Å². The van der Waals surface area contributed by atoms with Crippen LogP contribution >= 0.6 is 11.3 Å². The number of amides is 1. The third kappa shape index (κ3) is 2.57. The first-order valence-electron chi connectivity index (χ1n) is 7.61. The van der Waals surface area contributed by atoms with Crippen molar-refractivity contribution in [2.45, 2.75) is 0 Å². The Morgan fingerprint density at radius 2 is 1.71 bits per heavy atom. The number of benzene rings is 2. The number of para-hydroxylation sites is 2. The molecule has 2 heterocycles. The maximum Gasteiger partial charge on any atom is 0.272 e. The van der Waals surface area contributed by atoms with Crippen molar-refractivity contribution in [3.8, 4) is 0 Å². The lowest BCUT2D eigenvalue weighted by Crippen LogP contribution is -2.25. The normalized spacial score (nSPS) is 10.7. The van der Waals surface area contributed by atoms with Crippen LogP contribution < -0.4 is 4.90 Å². The average molecular weight is 330 g/mol. The fourth-order valence-corrected chi connectivity index (χ4v) is 3.37. The quantitative estimate of drug-likeness (QED) is 0.512. The number of carbonyl (C=O) groups is 1. The minimum absolute atomic E-state index is 0.0469. The summed E-state index contributed by atoms with van der Waals surface area (Å²) >= 11 is 1.44. The molecule has 0 saturated carbocycles. The fraction of sp³-hybridized carbons (Fsp3) is 0. The number of pyridine rings is 1. The molecular formula is C20H14N2OS. The average Bonchev–Trinajstić information content (AvgIpc) is 3.18. The van der Waals surface area contributed by atoms with E-state index in [2.05, 4.69) is 4.98 Å². The zero-order valence-electron chi connectivity index (χ0n) is 12.8. The molecule has 116 valence electrons. The lowest BCUT2D eigenvalue weighted by atomic mass is 10.1. The van der Waals surface area contributed by atoms with Gasteiger partial charge in [0.15, 0.2) is 0 Å². The molecule has 2 aromatic heterocycles. The Labute approximate surface area is 143 Å². The highest BCUT2D eigenvalue weighted by Crippen LogP contribution is 2.33. The zero-order chi connectivity index (χ0) is 16.4. The third-order valence-corrected chi connectivity index (χ3v) is 4.66. The molecule has 0 N–H and O–H groups in total. The molecule has 2 aromatic carbocycles. The van der Waals surface area contributed by atoms with Gasteiger partial charge in [-0.05, 0) is 35.7 Å². The molecule has 0 radical (unpaired) electrons. The molecule has 0 unspecified atom stereocenters. The number of rotatable bonds is 3. The zero-order valence-corrected chi connectivity index (χ0v) is 13.6. The van der Waals surface area contributed by atoms with Crippen LogP contribution in [0.15, 0.2) is 84.4 Å². The van der Waals surface area contributed by atoms with Gasteiger partial charge in [0.2, 0.25) is 0 Å². The molecular weight excluding hydrogens is 316 g/mol. The van der Waals surface area contributed by atoms with Crippen molar-refractivity contribution in [1.29, 1.82) is 0 Å². The maximum absolute atomic E-state index is 13.2. The number of nitrogens with zero attached hydrogens (tertiary/aromatic N) is 2. The third-order valence-electron chi connectivity index (χ3n) is 3.80. The van der Waals surface area contributed by atoms with Crippen molar-refractivity contribution >= 4 is 39.5 Å². The lowest BCUT2D eigenvalue weighted by Gasteiger charge is -2.23. The number of hydrogen-bond acceptors (Lipinski definition) is 3. The van der Waals surface area contributed by atoms with Gasteiger partial charge in [0.25, 0.3) is 5.91 Å². The van der Waals surface area contributed by atoms with Crippen LogP contribution in [-0.4, -0.2) is 10.9 Å². The van der Waals surface area contributed by atoms with Crippen molar-refractivity contribution in [1.82, 2.24) is 4.98 Å². The minimum atomic E-state index is -0.0469. The molecule has 0 aliphatic rings. The van der Waals surface area contributed by atoms with E-state index in [1.807, 2.05) is 78.2 Å². The second-order valence-corrected chi connectivity index (χ2v) is 6.25. The summed E-state index contributed by atoms with van der Waals surface area (Å²) in [5, 5.41) is 2.92. The van der Waals surface area contributed by atoms with E-state index in [0.717, 1.165) is 22.3 Å². The number of thiophene rings is 1. The molecule has 4 aromatic rings. The van der Waals surface area contributed by atoms with E-state index in [1.54, 1.807) is 11.1 Å². The predicted octanol–water partition coefficient (Wildman–Crippen LogP) is 5.27. The van der Waals surface area contributed by atoms with Crippen molar-refractivity contribution in [3.63, 3.8) is 0 Å². The summed E-state index contributed by atoms with van der Waals surface area (Å²) in [4.78, 5) is 20.1. The maximum atomic E-state index is 13.2. The molecule has 0 fully saturated rings. The molecule has 0 atom stereocenters. The van der Waals surface area contributed by atoms with Crippen LogP contribution in [0.4, 0.5) is 11.4 Å². The minimum Gasteiger partial charge on any atom is -0.274 e. The number of aromatic nitrogens is 1. The summed E-state index contributed by atoms with van der Waals surface area (Å²) in [7, 11) is 0. The first-order chi connectivity index (χ1) is 11.8. The fourth-order valence-electron chi connectivity index (χ4n) is 2.72. The molecule has 0 spiro atoms. The highest BCUT2D eigenvalue weighted by molar-refractivity contribution is 7.12. The summed E-state index contributed by atoms with van der Waals surface area (Å²) in [6.07, 6.45) is 1.75. The molecule has 24 heavy (non-hydrogen) atoms. The molecule has 1 amide bonds. The van der Waals surface area contributed by atoms with E-state index in [1.165, 1.54) is 11.3 Å². The largest absolute Gasteiger partial charge is 0.274 e. The summed E-state index contributed by atoms with van der Waals surface area (Å²) in [6, 6.07) is 23.2. The van der Waals surface area contributed by atoms with Gasteiger partial charge in [-0.25, -0.2) is 0 Å². The van der Waals surface area contributed by atoms with Gasteiger partial charge in [-0.1, -0.05) is 42.5 Å². The SMILES string of the molecule is O=C(c1cccs1)N(c1ccccc1)c1cccc2cccnc12. The number of anilines is 2. The highest BCUT2D eigenvalue weighted by Gasteiger charge is 2.22. The highest BCUT2D eigenvalue weighted by atomic mass is 32.1. The van der Waals surface area contributed by atoms with Crippen LogP contribution in [0.25, 0.3) is 10.9 Å². The van der Waals surface area contributed by atoms with Gasteiger partial charge in [0, 0.05) is 17.3 Å². The number of fused-ring (bicyclic) bond motifs is 1. The van der Waals surface area contributed by atoms with Gasteiger partial charge >= 0.3 is 0 Å². The Morgan fingerprint density at radius 3 is 2.50 bits per heavy atom. The summed E-state index contributed by atoms with van der Waals surface area (Å²) in [5.74, 6) is -0.0469. The van der Waals surface area contributed by atoms with E-state index in [4.69, 9.17) is 0 Å². The number of carbonyl (C=O) groups excluding carboxylic acids is 1. The second-order valence-electron chi connectivity index (χ2n) is 5.31. The second kappa shape index (κ2) is 6.26. The summed E-state index contributed by atoms with van der Waals surface area (Å²) < 4.78 is 0. The van der Waals surface area contributed by atoms with E-state index in [9.17, 15) is 4.79 Å². The van der Waals surface area contributed by atoms with E-state index < -0.39 is 0 Å². The van der Waals surface area contributed by atoms with Crippen molar-refractivity contribution in [3.05, 3.63) is 89.3 Å². The smallest absolute Gasteiger partial charge is 0.272 e. The van der Waals surface area contributed by atoms with Crippen LogP contribution in [0.1, 0.15) is 9.67 Å². The molecule has 3 nitrogen and oxygen atoms in total. The molecule has 0 aliphatic carbocycles. The van der Waals surface area contributed by atoms with Gasteiger partial charge in [-0.2, -0.15) is 0 Å². The Hall–Kier alpha value is -2.98. The Morgan fingerprint density at radius 1 is 0.875 bits per heavy atom. The van der Waals surface area contributed by atoms with Gasteiger partial charge in [0.05, 0.1) is 16.1 Å². The Kier molecular flexibility index (Phi) is 3.81. The summed E-state index contributed by atoms with van der Waals surface area (Å²) in [6.45, 7) is 0. The van der Waals surface area contributed by atoms with Gasteiger partial charge in [0.1, 0.15) is 0 Å². The van der Waals surface area contributed by atoms with Crippen LogP contribution in [0.5, 0.6) is 0 Å². The standard InChI is InChI=1S/C20H14N2OS/c23-20(18-12-6-14-24-18)22(16-9-2-1-3-10-16)17-11-4-7-15-8-5-13-21-19(15)17/h1-14H. The molecule has 0 bridgehead atoms. The van der Waals surface area contributed by atoms with E-state index in [-0.39, 0.29) is 5.91 Å². The van der Waals surface area contributed by atoms with Crippen molar-refractivity contribution < 1.29 is 4.79 Å². The first kappa shape index (κ1) is 14.6. The van der Waals surface area contributed by atoms with Crippen LogP contribution in [0, 0.1) is 0 Å². The lowest BCUT2D eigenvalue weighted by molar-refractivity contribution is 0.100. The van der Waals surface area contributed by atoms with E-state index in [0.29, 0.717) is 4.88 Å². The number of hydrogen-bond donors (Lipinski definition) is 0. The van der Waals surface area contributed by atoms with Crippen LogP contribution in [0.2, 0.25) is 0 Å². The molecule has 4 rings (SSSR count). The van der Waals surface area contributed by atoms with Gasteiger partial charge in [-0.3, -0.25) is 14.7 Å².